The van der Waals surface area contributed by atoms with Gasteiger partial charge in [-0.15, -0.1) is 0 Å². The second-order valence-corrected chi connectivity index (χ2v) is 10.6. The van der Waals surface area contributed by atoms with E-state index < -0.39 is 29.0 Å². The number of amides is 1. The van der Waals surface area contributed by atoms with Crippen molar-refractivity contribution in [2.24, 2.45) is 0 Å². The number of nitro groups is 1. The number of esters is 1. The Kier molecular flexibility index (Phi) is 7.97. The summed E-state index contributed by atoms with van der Waals surface area (Å²) in [6.45, 7) is 0.101. The van der Waals surface area contributed by atoms with Crippen molar-refractivity contribution in [1.82, 2.24) is 15.6 Å². The molecule has 43 heavy (non-hydrogen) atoms. The van der Waals surface area contributed by atoms with E-state index >= 15 is 0 Å². The lowest BCUT2D eigenvalue weighted by molar-refractivity contribution is -0.384. The molecule has 1 aliphatic heterocycles. The highest BCUT2D eigenvalue weighted by Gasteiger charge is 2.36. The number of benzene rings is 4. The zero-order valence-electron chi connectivity index (χ0n) is 23.2. The molecule has 0 bridgehead atoms. The number of para-hydroxylation sites is 1. The Labute approximate surface area is 248 Å². The molecule has 0 aliphatic carbocycles. The van der Waals surface area contributed by atoms with E-state index in [2.05, 4.69) is 15.6 Å². The number of fused-ring (bicyclic) bond motifs is 3. The van der Waals surface area contributed by atoms with Gasteiger partial charge in [0.2, 0.25) is 5.91 Å². The SMILES string of the molecule is O=C(N[C@@H](Cc1ccccc1)C(=O)OCc1ccccc1)[C@@H]1Cc2c([nH]c3ccccc23)[C@H](c2ccc([N+](=O)[O-])cc2)N1. The average Bonchev–Trinajstić information content (AvgIpc) is 3.42. The van der Waals surface area contributed by atoms with Gasteiger partial charge in [0.25, 0.3) is 5.69 Å². The van der Waals surface area contributed by atoms with E-state index in [-0.39, 0.29) is 24.6 Å². The van der Waals surface area contributed by atoms with Crippen molar-refractivity contribution in [2.75, 3.05) is 0 Å². The van der Waals surface area contributed by atoms with Gasteiger partial charge in [0, 0.05) is 35.2 Å². The first-order valence-electron chi connectivity index (χ1n) is 14.1. The van der Waals surface area contributed by atoms with Crippen molar-refractivity contribution < 1.29 is 19.2 Å². The minimum absolute atomic E-state index is 0.0107. The second-order valence-electron chi connectivity index (χ2n) is 10.6. The van der Waals surface area contributed by atoms with Crippen molar-refractivity contribution in [3.05, 3.63) is 147 Å². The highest BCUT2D eigenvalue weighted by molar-refractivity contribution is 5.91. The average molecular weight is 575 g/mol. The molecular formula is C34H30N4O5. The van der Waals surface area contributed by atoms with Crippen molar-refractivity contribution in [3.8, 4) is 0 Å². The summed E-state index contributed by atoms with van der Waals surface area (Å²) in [6, 6.07) is 31.1. The molecule has 1 aliphatic rings. The summed E-state index contributed by atoms with van der Waals surface area (Å²) in [4.78, 5) is 41.5. The number of nitrogens with zero attached hydrogens (tertiary/aromatic N) is 1. The topological polar surface area (TPSA) is 126 Å². The molecule has 3 atom stereocenters. The maximum absolute atomic E-state index is 13.9. The molecule has 0 spiro atoms. The van der Waals surface area contributed by atoms with Gasteiger partial charge in [-0.2, -0.15) is 0 Å². The van der Waals surface area contributed by atoms with Crippen LogP contribution in [0, 0.1) is 10.1 Å². The van der Waals surface area contributed by atoms with Crippen LogP contribution in [0.25, 0.3) is 10.9 Å². The van der Waals surface area contributed by atoms with Crippen LogP contribution in [0.5, 0.6) is 0 Å². The lowest BCUT2D eigenvalue weighted by Gasteiger charge is -2.32. The number of non-ortho nitro benzene ring substituents is 1. The Morgan fingerprint density at radius 3 is 2.23 bits per heavy atom. The number of H-pyrrole nitrogens is 1. The smallest absolute Gasteiger partial charge is 0.329 e. The highest BCUT2D eigenvalue weighted by atomic mass is 16.6. The number of aromatic nitrogens is 1. The third-order valence-corrected chi connectivity index (χ3v) is 7.77. The van der Waals surface area contributed by atoms with Gasteiger partial charge in [0.1, 0.15) is 12.6 Å². The van der Waals surface area contributed by atoms with E-state index in [1.807, 2.05) is 84.9 Å². The predicted molar refractivity (Wildman–Crippen MR) is 162 cm³/mol. The van der Waals surface area contributed by atoms with Gasteiger partial charge >= 0.3 is 5.97 Å². The first kappa shape index (κ1) is 27.9. The summed E-state index contributed by atoms with van der Waals surface area (Å²) >= 11 is 0. The van der Waals surface area contributed by atoms with Crippen molar-refractivity contribution in [1.29, 1.82) is 0 Å². The fraction of sp³-hybridized carbons (Fsp3) is 0.176. The molecule has 1 amide bonds. The normalized spacial score (nSPS) is 16.7. The molecule has 9 nitrogen and oxygen atoms in total. The summed E-state index contributed by atoms with van der Waals surface area (Å²) < 4.78 is 5.64. The number of aromatic amines is 1. The van der Waals surface area contributed by atoms with Crippen LogP contribution in [-0.4, -0.2) is 33.9 Å². The number of hydrogen-bond acceptors (Lipinski definition) is 6. The molecule has 4 aromatic carbocycles. The lowest BCUT2D eigenvalue weighted by Crippen LogP contribution is -2.54. The molecule has 2 heterocycles. The molecule has 5 aromatic rings. The zero-order valence-corrected chi connectivity index (χ0v) is 23.2. The molecule has 0 saturated heterocycles. The molecule has 0 radical (unpaired) electrons. The maximum atomic E-state index is 13.9. The summed E-state index contributed by atoms with van der Waals surface area (Å²) in [5.74, 6) is -0.850. The van der Waals surface area contributed by atoms with Crippen LogP contribution in [0.3, 0.4) is 0 Å². The van der Waals surface area contributed by atoms with Crippen LogP contribution in [0.15, 0.2) is 109 Å². The third-order valence-electron chi connectivity index (χ3n) is 7.77. The molecule has 0 saturated carbocycles. The summed E-state index contributed by atoms with van der Waals surface area (Å²) in [5.41, 5.74) is 5.35. The Bertz CT molecular complexity index is 1750. The number of ether oxygens (including phenoxy) is 1. The van der Waals surface area contributed by atoms with Crippen LogP contribution >= 0.6 is 0 Å². The summed E-state index contributed by atoms with van der Waals surface area (Å²) in [5, 5.41) is 18.7. The fourth-order valence-electron chi connectivity index (χ4n) is 5.60. The number of rotatable bonds is 9. The van der Waals surface area contributed by atoms with Crippen LogP contribution in [0.1, 0.15) is 34.0 Å². The minimum atomic E-state index is -0.900. The molecule has 0 unspecified atom stereocenters. The highest BCUT2D eigenvalue weighted by Crippen LogP contribution is 2.35. The molecule has 3 N–H and O–H groups in total. The molecule has 1 aromatic heterocycles. The number of nitrogens with one attached hydrogen (secondary N) is 3. The van der Waals surface area contributed by atoms with E-state index in [1.165, 1.54) is 12.1 Å². The van der Waals surface area contributed by atoms with Gasteiger partial charge in [-0.25, -0.2) is 4.79 Å². The molecule has 216 valence electrons. The second kappa shape index (κ2) is 12.3. The zero-order chi connectivity index (χ0) is 29.8. The third kappa shape index (κ3) is 6.17. The van der Waals surface area contributed by atoms with E-state index in [9.17, 15) is 19.7 Å². The minimum Gasteiger partial charge on any atom is -0.459 e. The van der Waals surface area contributed by atoms with Gasteiger partial charge in [-0.05, 0) is 34.7 Å². The largest absolute Gasteiger partial charge is 0.459 e. The Morgan fingerprint density at radius 2 is 1.53 bits per heavy atom. The van der Waals surface area contributed by atoms with Gasteiger partial charge in [0.15, 0.2) is 0 Å². The summed E-state index contributed by atoms with van der Waals surface area (Å²) in [6.07, 6.45) is 0.669. The Balaban J connectivity index is 1.27. The molecule has 0 fully saturated rings. The van der Waals surface area contributed by atoms with Crippen LogP contribution in [-0.2, 0) is 33.8 Å². The van der Waals surface area contributed by atoms with Crippen molar-refractivity contribution in [2.45, 2.75) is 37.6 Å². The Morgan fingerprint density at radius 1 is 0.884 bits per heavy atom. The van der Waals surface area contributed by atoms with Crippen LogP contribution in [0.4, 0.5) is 5.69 Å². The Hall–Kier alpha value is -5.28. The quantitative estimate of drug-likeness (QED) is 0.127. The van der Waals surface area contributed by atoms with Gasteiger partial charge in [-0.3, -0.25) is 20.2 Å². The lowest BCUT2D eigenvalue weighted by atomic mass is 9.89. The summed E-state index contributed by atoms with van der Waals surface area (Å²) in [7, 11) is 0. The number of nitro benzene ring substituents is 1. The van der Waals surface area contributed by atoms with Gasteiger partial charge in [0.05, 0.1) is 17.0 Å². The monoisotopic (exact) mass is 574 g/mol. The van der Waals surface area contributed by atoms with Crippen molar-refractivity contribution >= 4 is 28.5 Å². The van der Waals surface area contributed by atoms with Crippen molar-refractivity contribution in [3.63, 3.8) is 0 Å². The molecular weight excluding hydrogens is 544 g/mol. The van der Waals surface area contributed by atoms with Crippen LogP contribution < -0.4 is 10.6 Å². The first-order chi connectivity index (χ1) is 21.0. The van der Waals surface area contributed by atoms with E-state index in [4.69, 9.17) is 4.74 Å². The van der Waals surface area contributed by atoms with E-state index in [0.29, 0.717) is 6.42 Å². The first-order valence-corrected chi connectivity index (χ1v) is 14.1. The number of carbonyl (C=O) groups is 2. The van der Waals surface area contributed by atoms with E-state index in [0.717, 1.165) is 38.9 Å². The van der Waals surface area contributed by atoms with E-state index in [1.54, 1.807) is 12.1 Å². The van der Waals surface area contributed by atoms with Gasteiger partial charge < -0.3 is 15.0 Å². The maximum Gasteiger partial charge on any atom is 0.329 e. The molecule has 9 heteroatoms. The van der Waals surface area contributed by atoms with Crippen LogP contribution in [0.2, 0.25) is 0 Å². The standard InChI is InChI=1S/C34H30N4O5/c39-33(37-30(19-22-9-3-1-4-10-22)34(40)43-21-23-11-5-2-6-12-23)29-20-27-26-13-7-8-14-28(26)35-32(27)31(36-29)24-15-17-25(18-16-24)38(41)42/h1-18,29-31,35-36H,19-21H2,(H,37,39)/t29-,30-,31-/m0/s1. The predicted octanol–water partition coefficient (Wildman–Crippen LogP) is 5.15. The fourth-order valence-corrected chi connectivity index (χ4v) is 5.60. The van der Waals surface area contributed by atoms with Gasteiger partial charge in [-0.1, -0.05) is 91.0 Å². The molecule has 6 rings (SSSR count). The number of hydrogen-bond donors (Lipinski definition) is 3. The number of carbonyl (C=O) groups excluding carboxylic acids is 2.